The minimum atomic E-state index is -1.29. The number of aliphatic carboxylic acids is 1. The largest absolute Gasteiger partial charge is 0.481 e. The molecule has 6 aliphatic heterocycles. The van der Waals surface area contributed by atoms with Gasteiger partial charge in [0.25, 0.3) is 0 Å². The molecule has 18 atom stereocenters. The highest BCUT2D eigenvalue weighted by molar-refractivity contribution is 5.84. The molecule has 0 bridgehead atoms. The summed E-state index contributed by atoms with van der Waals surface area (Å²) in [7, 11) is 0. The molecule has 0 saturated carbocycles. The first-order valence-corrected chi connectivity index (χ1v) is 23.5. The first-order chi connectivity index (χ1) is 28.1. The number of likely N-dealkylation sites (tertiary alicyclic amines) is 1. The zero-order valence-corrected chi connectivity index (χ0v) is 38.4. The molecule has 2 spiro atoms. The molecule has 60 heavy (non-hydrogen) atoms. The summed E-state index contributed by atoms with van der Waals surface area (Å²) < 4.78 is 34.8. The van der Waals surface area contributed by atoms with E-state index in [1.165, 1.54) is 0 Å². The van der Waals surface area contributed by atoms with Crippen LogP contribution < -0.4 is 5.32 Å². The number of amides is 2. The van der Waals surface area contributed by atoms with E-state index >= 15 is 0 Å². The van der Waals surface area contributed by atoms with Crippen molar-refractivity contribution < 1.29 is 53.4 Å². The van der Waals surface area contributed by atoms with Crippen molar-refractivity contribution in [3.63, 3.8) is 0 Å². The number of hydrogen-bond donors (Lipinski definition) is 4. The maximum Gasteiger partial charge on any atom is 0.318 e. The van der Waals surface area contributed by atoms with Crippen molar-refractivity contribution >= 4 is 17.8 Å². The maximum atomic E-state index is 14.7. The number of rotatable bonds is 13. The van der Waals surface area contributed by atoms with Gasteiger partial charge in [-0.3, -0.25) is 9.59 Å². The van der Waals surface area contributed by atoms with Crippen LogP contribution in [0.1, 0.15) is 147 Å². The number of ketones is 1. The van der Waals surface area contributed by atoms with Crippen LogP contribution in [0, 0.1) is 41.4 Å². The van der Waals surface area contributed by atoms with Crippen LogP contribution >= 0.6 is 0 Å². The highest BCUT2D eigenvalue weighted by Gasteiger charge is 2.64. The van der Waals surface area contributed by atoms with Crippen molar-refractivity contribution in [2.24, 2.45) is 41.4 Å². The lowest BCUT2D eigenvalue weighted by atomic mass is 9.68. The molecule has 6 heterocycles. The molecule has 2 amide bonds. The standard InChI is InChI=1S/C47H78N2O11/c1-12-33(41(52)53)35-17-16-28(5)44(11,57-35)31(8)38(50)30(7)39(51)34(13-2)40-27(4)26-29(6)46(58-40)21-18-36(48-42(54)49-24-15-25-49)47(60-46)23-22-43(10,59-47)37-19-20-45(55,14-3)32(9)56-37/h18,21,27-38,40,50,55H,12-17,19-20,22-26H2,1-11H3,(H,48,54)(H,52,53)/t27-,28-,29+,30-,31-,32-,33+,34-,35+,36+,37+,38+,40-,43-,44?,45+,46-,47-/m0/s1. The molecular formula is C47H78N2O11. The second kappa shape index (κ2) is 17.8. The summed E-state index contributed by atoms with van der Waals surface area (Å²) in [5, 5.41) is 36.4. The Balaban J connectivity index is 1.24. The minimum absolute atomic E-state index is 0.00995. The highest BCUT2D eigenvalue weighted by Crippen LogP contribution is 2.54. The van der Waals surface area contributed by atoms with Crippen LogP contribution in [0.5, 0.6) is 0 Å². The van der Waals surface area contributed by atoms with Crippen LogP contribution in [0.15, 0.2) is 12.2 Å². The lowest BCUT2D eigenvalue weighted by molar-refractivity contribution is -0.398. The monoisotopic (exact) mass is 847 g/mol. The number of nitrogens with one attached hydrogen (secondary N) is 1. The third kappa shape index (κ3) is 8.48. The van der Waals surface area contributed by atoms with Crippen LogP contribution in [0.3, 0.4) is 0 Å². The molecule has 5 fully saturated rings. The SMILES string of the molecule is CC[C@@H](C(=O)[C@@H](C)[C@@H](O)[C@H](C)C1(C)O[C@@H]([C@@H](CC)C(=O)O)CC[C@@H]1C)[C@H]1O[C@]2(C=C[C@@H](NC(=O)N3CCC3)[C@]3(CC[C@@](C)([C@H]4CC[C@](O)(CC)[C@H](C)O4)O3)O2)[C@H](C)C[C@@H]1C. The van der Waals surface area contributed by atoms with E-state index in [4.69, 9.17) is 23.7 Å². The van der Waals surface area contributed by atoms with Crippen molar-refractivity contribution in [3.8, 4) is 0 Å². The zero-order chi connectivity index (χ0) is 44.2. The Hall–Kier alpha value is -2.13. The molecule has 0 aromatic carbocycles. The summed E-state index contributed by atoms with van der Waals surface area (Å²) in [5.74, 6) is -6.00. The van der Waals surface area contributed by atoms with E-state index in [0.717, 1.165) is 12.8 Å². The van der Waals surface area contributed by atoms with Gasteiger partial charge in [-0.2, -0.15) is 0 Å². The lowest BCUT2D eigenvalue weighted by Gasteiger charge is -2.55. The van der Waals surface area contributed by atoms with Crippen LogP contribution in [0.4, 0.5) is 4.79 Å². The van der Waals surface area contributed by atoms with E-state index in [0.29, 0.717) is 70.9 Å². The van der Waals surface area contributed by atoms with Crippen molar-refractivity contribution in [2.45, 2.75) is 212 Å². The fraction of sp³-hybridized carbons (Fsp3) is 0.894. The molecule has 13 heteroatoms. The van der Waals surface area contributed by atoms with Crippen LogP contribution in [0.25, 0.3) is 0 Å². The van der Waals surface area contributed by atoms with E-state index in [1.54, 1.807) is 11.8 Å². The summed E-state index contributed by atoms with van der Waals surface area (Å²) in [6, 6.07) is -0.788. The summed E-state index contributed by atoms with van der Waals surface area (Å²) >= 11 is 0. The summed E-state index contributed by atoms with van der Waals surface area (Å²) in [6.45, 7) is 23.1. The molecule has 1 unspecified atom stereocenters. The van der Waals surface area contributed by atoms with Gasteiger partial charge in [-0.1, -0.05) is 61.5 Å². The number of nitrogens with zero attached hydrogens (tertiary/aromatic N) is 1. The Morgan fingerprint density at radius 2 is 1.58 bits per heavy atom. The second-order valence-corrected chi connectivity index (χ2v) is 20.3. The summed E-state index contributed by atoms with van der Waals surface area (Å²) in [6.07, 6.45) is 8.04. The van der Waals surface area contributed by atoms with Crippen molar-refractivity contribution in [1.82, 2.24) is 10.2 Å². The number of carboxylic acid groups (broad SMARTS) is 1. The minimum Gasteiger partial charge on any atom is -0.481 e. The van der Waals surface area contributed by atoms with Crippen LogP contribution in [0.2, 0.25) is 0 Å². The Kier molecular flexibility index (Phi) is 14.0. The predicted octanol–water partition coefficient (Wildman–Crippen LogP) is 7.00. The number of ether oxygens (including phenoxy) is 5. The van der Waals surface area contributed by atoms with Gasteiger partial charge in [0.05, 0.1) is 53.2 Å². The van der Waals surface area contributed by atoms with E-state index in [9.17, 15) is 29.7 Å². The number of carboxylic acids is 1. The number of Topliss-reactive ketones (excluding diaryl/α,β-unsaturated/α-hetero) is 1. The van der Waals surface area contributed by atoms with Crippen molar-refractivity contribution in [3.05, 3.63) is 12.2 Å². The van der Waals surface area contributed by atoms with Gasteiger partial charge in [0.2, 0.25) is 0 Å². The van der Waals surface area contributed by atoms with Gasteiger partial charge in [-0.05, 0) is 103 Å². The van der Waals surface area contributed by atoms with E-state index in [-0.39, 0.29) is 41.8 Å². The molecule has 0 aromatic heterocycles. The Labute approximate surface area is 359 Å². The van der Waals surface area contributed by atoms with Gasteiger partial charge in [0.1, 0.15) is 11.8 Å². The lowest BCUT2D eigenvalue weighted by Crippen LogP contribution is -2.66. The molecular weight excluding hydrogens is 769 g/mol. The number of hydrogen-bond acceptors (Lipinski definition) is 10. The topological polar surface area (TPSA) is 173 Å². The van der Waals surface area contributed by atoms with Gasteiger partial charge in [-0.25, -0.2) is 4.79 Å². The van der Waals surface area contributed by atoms with E-state index in [2.05, 4.69) is 26.1 Å². The molecule has 4 N–H and O–H groups in total. The van der Waals surface area contributed by atoms with Gasteiger partial charge in [0.15, 0.2) is 11.6 Å². The fourth-order valence-corrected chi connectivity index (χ4v) is 11.6. The fourth-order valence-electron chi connectivity index (χ4n) is 11.6. The average Bonchev–Trinajstić information content (AvgIpc) is 3.52. The first-order valence-electron chi connectivity index (χ1n) is 23.5. The Morgan fingerprint density at radius 1 is 0.900 bits per heavy atom. The molecule has 5 saturated heterocycles. The van der Waals surface area contributed by atoms with Gasteiger partial charge >= 0.3 is 12.0 Å². The molecule has 6 aliphatic rings. The summed E-state index contributed by atoms with van der Waals surface area (Å²) in [5.41, 5.74) is -2.50. The van der Waals surface area contributed by atoms with E-state index in [1.807, 2.05) is 60.6 Å². The number of aliphatic hydroxyl groups is 2. The molecule has 342 valence electrons. The average molecular weight is 847 g/mol. The third-order valence-corrected chi connectivity index (χ3v) is 16.7. The van der Waals surface area contributed by atoms with Gasteiger partial charge < -0.3 is 49.2 Å². The normalized spacial score (nSPS) is 44.5. The Morgan fingerprint density at radius 3 is 2.17 bits per heavy atom. The first kappa shape index (κ1) is 47.4. The predicted molar refractivity (Wildman–Crippen MR) is 226 cm³/mol. The number of urea groups is 1. The third-order valence-electron chi connectivity index (χ3n) is 16.7. The molecule has 0 aliphatic carbocycles. The highest BCUT2D eigenvalue weighted by atomic mass is 16.8. The van der Waals surface area contributed by atoms with Gasteiger partial charge in [-0.15, -0.1) is 0 Å². The van der Waals surface area contributed by atoms with Gasteiger partial charge in [0, 0.05) is 43.2 Å². The number of carbonyl (C=O) groups excluding carboxylic acids is 2. The van der Waals surface area contributed by atoms with Crippen LogP contribution in [-0.2, 0) is 33.3 Å². The summed E-state index contributed by atoms with van der Waals surface area (Å²) in [4.78, 5) is 42.1. The molecule has 0 aromatic rings. The van der Waals surface area contributed by atoms with E-state index < -0.39 is 82.4 Å². The van der Waals surface area contributed by atoms with Crippen molar-refractivity contribution in [1.29, 1.82) is 0 Å². The maximum absolute atomic E-state index is 14.7. The number of aliphatic hydroxyl groups excluding tert-OH is 1. The molecule has 6 rings (SSSR count). The zero-order valence-electron chi connectivity index (χ0n) is 38.4. The Bertz CT molecular complexity index is 1590. The van der Waals surface area contributed by atoms with Crippen LogP contribution in [-0.4, -0.2) is 116 Å². The number of carbonyl (C=O) groups is 3. The smallest absolute Gasteiger partial charge is 0.318 e. The second-order valence-electron chi connectivity index (χ2n) is 20.3. The van der Waals surface area contributed by atoms with Crippen molar-refractivity contribution in [2.75, 3.05) is 13.1 Å². The molecule has 13 nitrogen and oxygen atoms in total. The quantitative estimate of drug-likeness (QED) is 0.141. The molecule has 0 radical (unpaired) electrons.